The molecule has 32 heavy (non-hydrogen) atoms. The summed E-state index contributed by atoms with van der Waals surface area (Å²) >= 11 is 29.8. The van der Waals surface area contributed by atoms with Crippen LogP contribution in [0.2, 0.25) is 25.1 Å². The van der Waals surface area contributed by atoms with Crippen molar-refractivity contribution in [3.05, 3.63) is 61.0 Å². The molecule has 0 aliphatic heterocycles. The summed E-state index contributed by atoms with van der Waals surface area (Å²) in [6.07, 6.45) is 0.181. The molecule has 0 radical (unpaired) electrons. The number of benzene rings is 2. The molecule has 4 N–H and O–H groups in total. The van der Waals surface area contributed by atoms with Crippen LogP contribution in [0.25, 0.3) is 0 Å². The van der Waals surface area contributed by atoms with Gasteiger partial charge in [0.1, 0.15) is 22.6 Å². The Bertz CT molecular complexity index is 989. The molecule has 12 heteroatoms. The van der Waals surface area contributed by atoms with E-state index in [0.717, 1.165) is 5.56 Å². The van der Waals surface area contributed by atoms with Crippen LogP contribution in [0.1, 0.15) is 12.5 Å². The van der Waals surface area contributed by atoms with E-state index in [-0.39, 0.29) is 37.3 Å². The molecule has 0 fully saturated rings. The molecule has 2 amide bonds. The first-order valence-electron chi connectivity index (χ1n) is 9.12. The van der Waals surface area contributed by atoms with Crippen LogP contribution >= 0.6 is 58.0 Å². The number of ether oxygens (including phenoxy) is 1. The second kappa shape index (κ2) is 11.9. The van der Waals surface area contributed by atoms with Gasteiger partial charge in [-0.3, -0.25) is 9.59 Å². The lowest BCUT2D eigenvalue weighted by Gasteiger charge is -2.20. The Labute approximate surface area is 209 Å². The number of carbonyl (C=O) groups is 3. The topological polar surface area (TPSA) is 111 Å². The van der Waals surface area contributed by atoms with Gasteiger partial charge in [-0.1, -0.05) is 88.3 Å². The number of rotatable bonds is 8. The van der Waals surface area contributed by atoms with Crippen molar-refractivity contribution in [1.82, 2.24) is 10.6 Å². The Morgan fingerprint density at radius 2 is 1.44 bits per heavy atom. The Morgan fingerprint density at radius 3 is 1.97 bits per heavy atom. The van der Waals surface area contributed by atoms with Crippen molar-refractivity contribution >= 4 is 75.8 Å². The van der Waals surface area contributed by atoms with Crippen LogP contribution in [0.15, 0.2) is 30.3 Å². The van der Waals surface area contributed by atoms with E-state index < -0.39 is 36.4 Å². The van der Waals surface area contributed by atoms with Gasteiger partial charge in [0.15, 0.2) is 5.75 Å². The highest BCUT2D eigenvalue weighted by Crippen LogP contribution is 2.48. The maximum Gasteiger partial charge on any atom is 0.330 e. The Balaban J connectivity index is 2.08. The summed E-state index contributed by atoms with van der Waals surface area (Å²) in [5, 5.41) is 4.16. The number of halogens is 5. The number of amides is 2. The van der Waals surface area contributed by atoms with E-state index in [0.29, 0.717) is 0 Å². The van der Waals surface area contributed by atoms with Crippen LogP contribution in [-0.4, -0.2) is 36.4 Å². The molecule has 2 aromatic carbocycles. The predicted molar refractivity (Wildman–Crippen MR) is 126 cm³/mol. The highest BCUT2D eigenvalue weighted by atomic mass is 35.5. The highest BCUT2D eigenvalue weighted by Gasteiger charge is 2.25. The summed E-state index contributed by atoms with van der Waals surface area (Å²) in [5.41, 5.74) is 6.37. The van der Waals surface area contributed by atoms with Crippen molar-refractivity contribution in [2.24, 2.45) is 5.73 Å². The van der Waals surface area contributed by atoms with E-state index in [1.807, 2.05) is 6.07 Å². The summed E-state index contributed by atoms with van der Waals surface area (Å²) in [6, 6.07) is 7.20. The second-order valence-electron chi connectivity index (χ2n) is 6.63. The molecule has 0 aromatic heterocycles. The second-order valence-corrected chi connectivity index (χ2v) is 8.52. The first-order valence-corrected chi connectivity index (χ1v) is 11.0. The Hall–Kier alpha value is -1.74. The van der Waals surface area contributed by atoms with Gasteiger partial charge >= 0.3 is 5.97 Å². The Kier molecular flexibility index (Phi) is 9.88. The quantitative estimate of drug-likeness (QED) is 0.202. The normalized spacial score (nSPS) is 12.6. The number of esters is 1. The maximum absolute atomic E-state index is 12.7. The zero-order valence-electron chi connectivity index (χ0n) is 16.6. The van der Waals surface area contributed by atoms with Crippen molar-refractivity contribution in [1.29, 1.82) is 0 Å². The highest BCUT2D eigenvalue weighted by molar-refractivity contribution is 6.55. The molecule has 2 atom stereocenters. The summed E-state index contributed by atoms with van der Waals surface area (Å²) in [6.45, 7) is 0.933. The fraction of sp³-hybridized carbons (Fsp3) is 0.250. The van der Waals surface area contributed by atoms with Crippen molar-refractivity contribution < 1.29 is 19.1 Å². The predicted octanol–water partition coefficient (Wildman–Crippen LogP) is 4.05. The van der Waals surface area contributed by atoms with Gasteiger partial charge in [-0.05, 0) is 12.5 Å². The zero-order chi connectivity index (χ0) is 24.0. The van der Waals surface area contributed by atoms with Crippen molar-refractivity contribution in [2.75, 3.05) is 6.54 Å². The summed E-state index contributed by atoms with van der Waals surface area (Å²) < 4.78 is 5.11. The first-order chi connectivity index (χ1) is 15.0. The van der Waals surface area contributed by atoms with Crippen LogP contribution < -0.4 is 21.1 Å². The third-order valence-electron chi connectivity index (χ3n) is 4.12. The fourth-order valence-electron chi connectivity index (χ4n) is 2.47. The monoisotopic (exact) mass is 539 g/mol. The van der Waals surface area contributed by atoms with Gasteiger partial charge < -0.3 is 21.1 Å². The summed E-state index contributed by atoms with van der Waals surface area (Å²) in [7, 11) is 0. The van der Waals surface area contributed by atoms with Crippen LogP contribution in [0.5, 0.6) is 5.75 Å². The number of carbonyl (C=O) groups excluding carboxylic acids is 3. The maximum atomic E-state index is 12.7. The van der Waals surface area contributed by atoms with Gasteiger partial charge in [-0.25, -0.2) is 4.79 Å². The van der Waals surface area contributed by atoms with Gasteiger partial charge in [0.05, 0.1) is 21.1 Å². The SMILES string of the molecule is C[C@H](N)C(=O)N[C@@H](Cc1ccccc1)C(=O)NCC(=O)Oc1c(Cl)c(Cl)c(Cl)c(Cl)c1Cl. The van der Waals surface area contributed by atoms with E-state index >= 15 is 0 Å². The largest absolute Gasteiger partial charge is 0.422 e. The average molecular weight is 542 g/mol. The smallest absolute Gasteiger partial charge is 0.330 e. The van der Waals surface area contributed by atoms with Crippen molar-refractivity contribution in [2.45, 2.75) is 25.4 Å². The summed E-state index contributed by atoms with van der Waals surface area (Å²) in [5.74, 6) is -2.34. The van der Waals surface area contributed by atoms with Crippen molar-refractivity contribution in [3.63, 3.8) is 0 Å². The zero-order valence-corrected chi connectivity index (χ0v) is 20.3. The van der Waals surface area contributed by atoms with E-state index in [4.69, 9.17) is 68.5 Å². The minimum absolute atomic E-state index is 0.0925. The van der Waals surface area contributed by atoms with Crippen LogP contribution in [0.4, 0.5) is 0 Å². The number of hydrogen-bond acceptors (Lipinski definition) is 5. The molecule has 0 saturated carbocycles. The third-order valence-corrected chi connectivity index (χ3v) is 6.36. The molecule has 0 saturated heterocycles. The van der Waals surface area contributed by atoms with Crippen LogP contribution in [0, 0.1) is 0 Å². The average Bonchev–Trinajstić information content (AvgIpc) is 2.77. The Morgan fingerprint density at radius 1 is 0.906 bits per heavy atom. The van der Waals surface area contributed by atoms with Gasteiger partial charge in [0.2, 0.25) is 11.8 Å². The van der Waals surface area contributed by atoms with E-state index in [2.05, 4.69) is 10.6 Å². The molecule has 0 aliphatic rings. The summed E-state index contributed by atoms with van der Waals surface area (Å²) in [4.78, 5) is 36.9. The fourth-order valence-corrected chi connectivity index (χ4v) is 3.67. The molecule has 2 aromatic rings. The van der Waals surface area contributed by atoms with E-state index in [9.17, 15) is 14.4 Å². The number of nitrogens with one attached hydrogen (secondary N) is 2. The van der Waals surface area contributed by atoms with Crippen molar-refractivity contribution in [3.8, 4) is 5.75 Å². The molecule has 0 heterocycles. The molecule has 2 rings (SSSR count). The molecule has 0 bridgehead atoms. The molecular weight excluding hydrogens is 524 g/mol. The van der Waals surface area contributed by atoms with Gasteiger partial charge in [0, 0.05) is 6.42 Å². The molecule has 0 aliphatic carbocycles. The number of hydrogen-bond donors (Lipinski definition) is 3. The van der Waals surface area contributed by atoms with Gasteiger partial charge in [0.25, 0.3) is 0 Å². The van der Waals surface area contributed by atoms with Crippen LogP contribution in [0.3, 0.4) is 0 Å². The minimum atomic E-state index is -0.977. The molecule has 0 spiro atoms. The van der Waals surface area contributed by atoms with E-state index in [1.54, 1.807) is 24.3 Å². The molecule has 172 valence electrons. The minimum Gasteiger partial charge on any atom is -0.422 e. The lowest BCUT2D eigenvalue weighted by Crippen LogP contribution is -2.52. The molecule has 0 unspecified atom stereocenters. The molecular formula is C20H18Cl5N3O4. The number of nitrogens with two attached hydrogens (primary N) is 1. The first kappa shape index (κ1) is 26.5. The van der Waals surface area contributed by atoms with Crippen LogP contribution in [-0.2, 0) is 20.8 Å². The van der Waals surface area contributed by atoms with Gasteiger partial charge in [-0.15, -0.1) is 0 Å². The molecule has 7 nitrogen and oxygen atoms in total. The van der Waals surface area contributed by atoms with Gasteiger partial charge in [-0.2, -0.15) is 0 Å². The lowest BCUT2D eigenvalue weighted by atomic mass is 10.0. The van der Waals surface area contributed by atoms with E-state index in [1.165, 1.54) is 6.92 Å². The standard InChI is InChI=1S/C20H18Cl5N3O4/c1-9(26)19(30)28-11(7-10-5-3-2-4-6-10)20(31)27-8-12(29)32-18-16(24)14(22)13(21)15(23)17(18)25/h2-6,9,11H,7-8,26H2,1H3,(H,27,31)(H,28,30)/t9-,11-/m0/s1. The lowest BCUT2D eigenvalue weighted by molar-refractivity contribution is -0.136. The third kappa shape index (κ3) is 6.88.